The molecule has 1 aliphatic heterocycles. The number of carbonyl (C=O) groups excluding carboxylic acids is 1. The van der Waals surface area contributed by atoms with Gasteiger partial charge in [0.2, 0.25) is 5.91 Å². The lowest BCUT2D eigenvalue weighted by molar-refractivity contribution is -0.135. The standard InChI is InChI=1S/C10H20N2O2S/c1-15-7-4-12-9(13)10(8-11)2-5-14-6-3-10/h2-8,11H2,1H3,(H,12,13). The predicted octanol–water partition coefficient (Wildman–Crippen LogP) is 0.221. The van der Waals surface area contributed by atoms with Gasteiger partial charge in [-0.15, -0.1) is 0 Å². The molecule has 1 rings (SSSR count). The van der Waals surface area contributed by atoms with Gasteiger partial charge in [0.05, 0.1) is 5.41 Å². The first kappa shape index (κ1) is 12.8. The van der Waals surface area contributed by atoms with Gasteiger partial charge in [-0.3, -0.25) is 4.79 Å². The second kappa shape index (κ2) is 6.35. The molecule has 1 heterocycles. The Bertz CT molecular complexity index is 206. The van der Waals surface area contributed by atoms with Crippen LogP contribution in [0, 0.1) is 5.41 Å². The summed E-state index contributed by atoms with van der Waals surface area (Å²) in [5.74, 6) is 1.05. The Morgan fingerprint density at radius 2 is 2.20 bits per heavy atom. The van der Waals surface area contributed by atoms with Gasteiger partial charge in [0, 0.05) is 32.1 Å². The zero-order valence-corrected chi connectivity index (χ0v) is 10.1. The van der Waals surface area contributed by atoms with Crippen molar-refractivity contribution in [2.24, 2.45) is 11.1 Å². The van der Waals surface area contributed by atoms with E-state index in [2.05, 4.69) is 5.32 Å². The van der Waals surface area contributed by atoms with E-state index in [-0.39, 0.29) is 11.3 Å². The van der Waals surface area contributed by atoms with Crippen molar-refractivity contribution in [2.75, 3.05) is 38.3 Å². The molecule has 5 heteroatoms. The van der Waals surface area contributed by atoms with Crippen LogP contribution in [0.4, 0.5) is 0 Å². The first-order valence-electron chi connectivity index (χ1n) is 5.30. The van der Waals surface area contributed by atoms with Gasteiger partial charge in [0.25, 0.3) is 0 Å². The van der Waals surface area contributed by atoms with E-state index in [0.717, 1.165) is 25.1 Å². The Morgan fingerprint density at radius 3 is 2.73 bits per heavy atom. The topological polar surface area (TPSA) is 64.4 Å². The normalized spacial score (nSPS) is 19.9. The number of hydrogen-bond acceptors (Lipinski definition) is 4. The average molecular weight is 232 g/mol. The second-order valence-corrected chi connectivity index (χ2v) is 4.83. The summed E-state index contributed by atoms with van der Waals surface area (Å²) in [6, 6.07) is 0. The minimum Gasteiger partial charge on any atom is -0.381 e. The number of thioether (sulfide) groups is 1. The SMILES string of the molecule is CSCCNC(=O)C1(CN)CCOCC1. The monoisotopic (exact) mass is 232 g/mol. The Morgan fingerprint density at radius 1 is 1.53 bits per heavy atom. The summed E-state index contributed by atoms with van der Waals surface area (Å²) in [5.41, 5.74) is 5.34. The maximum atomic E-state index is 12.0. The van der Waals surface area contributed by atoms with E-state index >= 15 is 0 Å². The molecule has 0 aromatic heterocycles. The summed E-state index contributed by atoms with van der Waals surface area (Å²) in [6.45, 7) is 2.43. The molecule has 0 radical (unpaired) electrons. The van der Waals surface area contributed by atoms with Crippen molar-refractivity contribution in [3.63, 3.8) is 0 Å². The maximum absolute atomic E-state index is 12.0. The van der Waals surface area contributed by atoms with E-state index in [9.17, 15) is 4.79 Å². The van der Waals surface area contributed by atoms with Crippen molar-refractivity contribution in [3.05, 3.63) is 0 Å². The molecule has 0 aliphatic carbocycles. The van der Waals surface area contributed by atoms with E-state index in [1.54, 1.807) is 11.8 Å². The Hall–Kier alpha value is -0.260. The minimum absolute atomic E-state index is 0.0994. The highest BCUT2D eigenvalue weighted by molar-refractivity contribution is 7.98. The van der Waals surface area contributed by atoms with Gasteiger partial charge in [-0.2, -0.15) is 11.8 Å². The summed E-state index contributed by atoms with van der Waals surface area (Å²) in [5, 5.41) is 2.95. The zero-order valence-electron chi connectivity index (χ0n) is 9.25. The first-order valence-corrected chi connectivity index (χ1v) is 6.69. The van der Waals surface area contributed by atoms with Gasteiger partial charge in [-0.25, -0.2) is 0 Å². The van der Waals surface area contributed by atoms with Crippen LogP contribution < -0.4 is 11.1 Å². The van der Waals surface area contributed by atoms with Gasteiger partial charge in [0.15, 0.2) is 0 Å². The third-order valence-electron chi connectivity index (χ3n) is 2.91. The van der Waals surface area contributed by atoms with Crippen LogP contribution in [0.15, 0.2) is 0 Å². The maximum Gasteiger partial charge on any atom is 0.227 e. The van der Waals surface area contributed by atoms with Crippen LogP contribution >= 0.6 is 11.8 Å². The lowest BCUT2D eigenvalue weighted by atomic mass is 9.79. The highest BCUT2D eigenvalue weighted by Gasteiger charge is 2.38. The number of nitrogens with one attached hydrogen (secondary N) is 1. The van der Waals surface area contributed by atoms with E-state index in [4.69, 9.17) is 10.5 Å². The Kier molecular flexibility index (Phi) is 5.42. The van der Waals surface area contributed by atoms with E-state index in [1.165, 1.54) is 0 Å². The lowest BCUT2D eigenvalue weighted by Gasteiger charge is -2.34. The van der Waals surface area contributed by atoms with Crippen molar-refractivity contribution < 1.29 is 9.53 Å². The molecule has 0 saturated carbocycles. The molecular weight excluding hydrogens is 212 g/mol. The van der Waals surface area contributed by atoms with Crippen LogP contribution in [0.25, 0.3) is 0 Å². The summed E-state index contributed by atoms with van der Waals surface area (Å²) in [6.07, 6.45) is 3.52. The van der Waals surface area contributed by atoms with Crippen LogP contribution in [0.3, 0.4) is 0 Å². The molecule has 88 valence electrons. The van der Waals surface area contributed by atoms with Crippen molar-refractivity contribution in [2.45, 2.75) is 12.8 Å². The fourth-order valence-corrected chi connectivity index (χ4v) is 2.05. The van der Waals surface area contributed by atoms with Crippen molar-refractivity contribution in [1.29, 1.82) is 0 Å². The number of carbonyl (C=O) groups is 1. The van der Waals surface area contributed by atoms with Crippen LogP contribution in [-0.2, 0) is 9.53 Å². The molecule has 0 unspecified atom stereocenters. The molecular formula is C10H20N2O2S. The largest absolute Gasteiger partial charge is 0.381 e. The van der Waals surface area contributed by atoms with Gasteiger partial charge >= 0.3 is 0 Å². The number of nitrogens with two attached hydrogens (primary N) is 1. The van der Waals surface area contributed by atoms with Crippen LogP contribution in [0.2, 0.25) is 0 Å². The zero-order chi connectivity index (χ0) is 11.1. The Labute approximate surface area is 95.3 Å². The average Bonchev–Trinajstić information content (AvgIpc) is 2.30. The third-order valence-corrected chi connectivity index (χ3v) is 3.53. The smallest absolute Gasteiger partial charge is 0.227 e. The molecule has 0 aromatic carbocycles. The fraction of sp³-hybridized carbons (Fsp3) is 0.900. The number of ether oxygens (including phenoxy) is 1. The lowest BCUT2D eigenvalue weighted by Crippen LogP contribution is -2.49. The molecule has 0 aromatic rings. The quantitative estimate of drug-likeness (QED) is 0.666. The molecule has 1 amide bonds. The molecule has 15 heavy (non-hydrogen) atoms. The van der Waals surface area contributed by atoms with E-state index < -0.39 is 0 Å². The molecule has 0 spiro atoms. The Balaban J connectivity index is 2.45. The highest BCUT2D eigenvalue weighted by atomic mass is 32.2. The molecule has 0 atom stereocenters. The van der Waals surface area contributed by atoms with E-state index in [1.807, 2.05) is 6.26 Å². The predicted molar refractivity (Wildman–Crippen MR) is 62.9 cm³/mol. The van der Waals surface area contributed by atoms with Crippen LogP contribution in [-0.4, -0.2) is 44.2 Å². The van der Waals surface area contributed by atoms with Crippen molar-refractivity contribution in [1.82, 2.24) is 5.32 Å². The van der Waals surface area contributed by atoms with Crippen LogP contribution in [0.1, 0.15) is 12.8 Å². The van der Waals surface area contributed by atoms with Crippen LogP contribution in [0.5, 0.6) is 0 Å². The van der Waals surface area contributed by atoms with Gasteiger partial charge < -0.3 is 15.8 Å². The van der Waals surface area contributed by atoms with Crippen molar-refractivity contribution >= 4 is 17.7 Å². The molecule has 1 saturated heterocycles. The molecule has 4 nitrogen and oxygen atoms in total. The summed E-state index contributed by atoms with van der Waals surface area (Å²) in [4.78, 5) is 12.0. The van der Waals surface area contributed by atoms with Gasteiger partial charge in [-0.1, -0.05) is 0 Å². The first-order chi connectivity index (χ1) is 7.25. The minimum atomic E-state index is -0.378. The fourth-order valence-electron chi connectivity index (χ4n) is 1.74. The van der Waals surface area contributed by atoms with Gasteiger partial charge in [-0.05, 0) is 19.1 Å². The molecule has 0 bridgehead atoms. The summed E-state index contributed by atoms with van der Waals surface area (Å²) in [7, 11) is 0. The number of amides is 1. The number of rotatable bonds is 5. The van der Waals surface area contributed by atoms with Crippen molar-refractivity contribution in [3.8, 4) is 0 Å². The molecule has 1 aliphatic rings. The summed E-state index contributed by atoms with van der Waals surface area (Å²) < 4.78 is 5.26. The second-order valence-electron chi connectivity index (χ2n) is 3.85. The molecule has 1 fully saturated rings. The highest BCUT2D eigenvalue weighted by Crippen LogP contribution is 2.29. The molecule has 3 N–H and O–H groups in total. The van der Waals surface area contributed by atoms with E-state index in [0.29, 0.717) is 19.8 Å². The number of hydrogen-bond donors (Lipinski definition) is 2. The summed E-state index contributed by atoms with van der Waals surface area (Å²) >= 11 is 1.73. The van der Waals surface area contributed by atoms with Gasteiger partial charge in [0.1, 0.15) is 0 Å². The third kappa shape index (κ3) is 3.36.